The van der Waals surface area contributed by atoms with Gasteiger partial charge in [-0.15, -0.1) is 0 Å². The number of likely N-dealkylation sites (tertiary alicyclic amines) is 1. The summed E-state index contributed by atoms with van der Waals surface area (Å²) in [5.74, 6) is -2.15. The first kappa shape index (κ1) is 27.3. The normalized spacial score (nSPS) is 33.7. The molecule has 0 radical (unpaired) electrons. The van der Waals surface area contributed by atoms with E-state index in [4.69, 9.17) is 19.3 Å². The number of unbranched alkanes of at least 4 members (excludes halogenated alkanes) is 3. The van der Waals surface area contributed by atoms with E-state index < -0.39 is 35.0 Å². The number of ether oxygens (including phenoxy) is 3. The molecular weight excluding hydrogens is 466 g/mol. The number of hydrogen-bond donors (Lipinski definition) is 2. The summed E-state index contributed by atoms with van der Waals surface area (Å²) in [6.45, 7) is 8.84. The minimum absolute atomic E-state index is 0.149. The van der Waals surface area contributed by atoms with Crippen molar-refractivity contribution in [1.82, 2.24) is 15.1 Å². The maximum Gasteiger partial charge on any atom is 0.312 e. The monoisotopic (exact) mass is 509 g/mol. The molecule has 204 valence electrons. The van der Waals surface area contributed by atoms with Gasteiger partial charge in [0.1, 0.15) is 17.6 Å². The summed E-state index contributed by atoms with van der Waals surface area (Å²) in [7, 11) is 0. The number of nitrogens with one attached hydrogen (secondary N) is 1. The van der Waals surface area contributed by atoms with E-state index in [-0.39, 0.29) is 25.0 Å². The number of carbonyl (C=O) groups is 3. The van der Waals surface area contributed by atoms with Crippen LogP contribution in [0.1, 0.15) is 58.8 Å². The summed E-state index contributed by atoms with van der Waals surface area (Å²) in [6.07, 6.45) is 4.98. The van der Waals surface area contributed by atoms with Crippen molar-refractivity contribution in [2.45, 2.75) is 76.0 Å². The number of hydrogen-bond acceptors (Lipinski definition) is 8. The van der Waals surface area contributed by atoms with E-state index in [1.54, 1.807) is 11.8 Å². The highest BCUT2D eigenvalue weighted by Crippen LogP contribution is 2.64. The van der Waals surface area contributed by atoms with Crippen LogP contribution in [0, 0.1) is 11.8 Å². The predicted molar refractivity (Wildman–Crippen MR) is 131 cm³/mol. The third kappa shape index (κ3) is 4.89. The SMILES string of the molecule is CCOC(=O)[C@H]1[C@H]2C(=O)N(CCCCCCO)C(C(=O)NCCN3CCOCC3)C23CC[C@]1(CC)O3. The molecule has 36 heavy (non-hydrogen) atoms. The van der Waals surface area contributed by atoms with Crippen LogP contribution in [0.2, 0.25) is 0 Å². The number of nitrogens with zero attached hydrogens (tertiary/aromatic N) is 2. The molecule has 10 heteroatoms. The lowest BCUT2D eigenvalue weighted by Gasteiger charge is -2.34. The van der Waals surface area contributed by atoms with E-state index in [1.165, 1.54) is 0 Å². The molecular formula is C26H43N3O7. The van der Waals surface area contributed by atoms with E-state index in [1.807, 2.05) is 6.92 Å². The predicted octanol–water partition coefficient (Wildman–Crippen LogP) is 0.705. The van der Waals surface area contributed by atoms with Crippen molar-refractivity contribution in [2.24, 2.45) is 11.8 Å². The summed E-state index contributed by atoms with van der Waals surface area (Å²) in [5, 5.41) is 12.2. The molecule has 2 bridgehead atoms. The first-order valence-corrected chi connectivity index (χ1v) is 13.8. The minimum atomic E-state index is -1.00. The quantitative estimate of drug-likeness (QED) is 0.275. The summed E-state index contributed by atoms with van der Waals surface area (Å²) in [6, 6.07) is -0.759. The van der Waals surface area contributed by atoms with Crippen LogP contribution in [0.4, 0.5) is 0 Å². The van der Waals surface area contributed by atoms with Crippen LogP contribution in [-0.4, -0.2) is 109 Å². The Hall–Kier alpha value is -1.75. The smallest absolute Gasteiger partial charge is 0.312 e. The van der Waals surface area contributed by atoms with Gasteiger partial charge in [0.05, 0.1) is 31.3 Å². The lowest BCUT2D eigenvalue weighted by Crippen LogP contribution is -2.56. The molecule has 4 aliphatic heterocycles. The molecule has 0 aromatic rings. The van der Waals surface area contributed by atoms with Crippen LogP contribution in [-0.2, 0) is 28.6 Å². The second kappa shape index (κ2) is 11.8. The average Bonchev–Trinajstić information content (AvgIpc) is 3.48. The van der Waals surface area contributed by atoms with Crippen molar-refractivity contribution in [1.29, 1.82) is 0 Å². The Bertz CT molecular complexity index is 804. The Morgan fingerprint density at radius 3 is 2.56 bits per heavy atom. The minimum Gasteiger partial charge on any atom is -0.466 e. The fourth-order valence-electron chi connectivity index (χ4n) is 6.86. The number of rotatable bonds is 13. The number of esters is 1. The zero-order valence-electron chi connectivity index (χ0n) is 21.8. The van der Waals surface area contributed by atoms with E-state index >= 15 is 0 Å². The molecule has 4 fully saturated rings. The standard InChI is InChI=1S/C26H43N3O7/c1-3-25-9-10-26(36-25)19(20(25)24(33)35-4-2)23(32)29(12-7-5-6-8-16-30)21(26)22(31)27-11-13-28-14-17-34-18-15-28/h19-21,30H,3-18H2,1-2H3,(H,27,31)/t19-,20+,21?,25-,26?/m0/s1. The van der Waals surface area contributed by atoms with Crippen molar-refractivity contribution >= 4 is 17.8 Å². The molecule has 4 rings (SSSR count). The first-order chi connectivity index (χ1) is 17.4. The highest BCUT2D eigenvalue weighted by molar-refractivity contribution is 5.98. The van der Waals surface area contributed by atoms with Crippen LogP contribution in [0.25, 0.3) is 0 Å². The van der Waals surface area contributed by atoms with Crippen LogP contribution < -0.4 is 5.32 Å². The lowest BCUT2D eigenvalue weighted by molar-refractivity contribution is -0.160. The molecule has 5 atom stereocenters. The molecule has 0 aliphatic carbocycles. The molecule has 2 N–H and O–H groups in total. The maximum atomic E-state index is 13.9. The van der Waals surface area contributed by atoms with Gasteiger partial charge in [-0.25, -0.2) is 0 Å². The molecule has 4 saturated heterocycles. The highest BCUT2D eigenvalue weighted by atomic mass is 16.6. The van der Waals surface area contributed by atoms with Gasteiger partial charge in [0.2, 0.25) is 11.8 Å². The van der Waals surface area contributed by atoms with Crippen LogP contribution in [0.15, 0.2) is 0 Å². The van der Waals surface area contributed by atoms with Gasteiger partial charge >= 0.3 is 5.97 Å². The second-order valence-electron chi connectivity index (χ2n) is 10.5. The van der Waals surface area contributed by atoms with Gasteiger partial charge in [0.15, 0.2) is 0 Å². The van der Waals surface area contributed by atoms with Gasteiger partial charge in [0, 0.05) is 39.3 Å². The van der Waals surface area contributed by atoms with Crippen molar-refractivity contribution in [3.8, 4) is 0 Å². The number of fused-ring (bicyclic) bond motifs is 1. The number of morpholine rings is 1. The number of amides is 2. The van der Waals surface area contributed by atoms with E-state index in [0.717, 1.165) is 45.3 Å². The summed E-state index contributed by atoms with van der Waals surface area (Å²) >= 11 is 0. The van der Waals surface area contributed by atoms with Gasteiger partial charge in [-0.3, -0.25) is 19.3 Å². The van der Waals surface area contributed by atoms with Crippen LogP contribution >= 0.6 is 0 Å². The number of aliphatic hydroxyl groups is 1. The van der Waals surface area contributed by atoms with E-state index in [0.29, 0.717) is 45.6 Å². The van der Waals surface area contributed by atoms with Crippen molar-refractivity contribution in [2.75, 3.05) is 59.2 Å². The number of carbonyl (C=O) groups excluding carboxylic acids is 3. The lowest BCUT2D eigenvalue weighted by atomic mass is 9.65. The molecule has 2 unspecified atom stereocenters. The average molecular weight is 510 g/mol. The van der Waals surface area contributed by atoms with Crippen LogP contribution in [0.5, 0.6) is 0 Å². The molecule has 4 heterocycles. The van der Waals surface area contributed by atoms with Crippen molar-refractivity contribution < 1.29 is 33.7 Å². The van der Waals surface area contributed by atoms with Gasteiger partial charge in [0.25, 0.3) is 0 Å². The first-order valence-electron chi connectivity index (χ1n) is 13.8. The Kier molecular flexibility index (Phi) is 8.91. The molecule has 1 spiro atoms. The Balaban J connectivity index is 1.54. The fraction of sp³-hybridized carbons (Fsp3) is 0.885. The van der Waals surface area contributed by atoms with Gasteiger partial charge < -0.3 is 29.5 Å². The Labute approximate surface area is 214 Å². The highest BCUT2D eigenvalue weighted by Gasteiger charge is 2.78. The van der Waals surface area contributed by atoms with E-state index in [9.17, 15) is 14.4 Å². The van der Waals surface area contributed by atoms with Crippen LogP contribution in [0.3, 0.4) is 0 Å². The van der Waals surface area contributed by atoms with Gasteiger partial charge in [-0.1, -0.05) is 19.8 Å². The van der Waals surface area contributed by atoms with Crippen molar-refractivity contribution in [3.63, 3.8) is 0 Å². The Morgan fingerprint density at radius 2 is 1.86 bits per heavy atom. The fourth-order valence-corrected chi connectivity index (χ4v) is 6.86. The third-order valence-corrected chi connectivity index (χ3v) is 8.61. The van der Waals surface area contributed by atoms with Gasteiger partial charge in [-0.2, -0.15) is 0 Å². The van der Waals surface area contributed by atoms with Crippen molar-refractivity contribution in [3.05, 3.63) is 0 Å². The zero-order chi connectivity index (χ0) is 25.8. The molecule has 2 amide bonds. The molecule has 0 saturated carbocycles. The third-order valence-electron chi connectivity index (χ3n) is 8.61. The van der Waals surface area contributed by atoms with E-state index in [2.05, 4.69) is 10.2 Å². The summed E-state index contributed by atoms with van der Waals surface area (Å²) in [4.78, 5) is 44.7. The Morgan fingerprint density at radius 1 is 1.11 bits per heavy atom. The largest absolute Gasteiger partial charge is 0.466 e. The van der Waals surface area contributed by atoms with Gasteiger partial charge in [-0.05, 0) is 39.0 Å². The summed E-state index contributed by atoms with van der Waals surface area (Å²) < 4.78 is 17.5. The summed E-state index contributed by atoms with van der Waals surface area (Å²) in [5.41, 5.74) is -1.76. The maximum absolute atomic E-state index is 13.9. The zero-order valence-corrected chi connectivity index (χ0v) is 21.8. The molecule has 4 aliphatic rings. The molecule has 0 aromatic carbocycles. The topological polar surface area (TPSA) is 118 Å². The molecule has 0 aromatic heterocycles. The second-order valence-corrected chi connectivity index (χ2v) is 10.5. The number of aliphatic hydroxyl groups excluding tert-OH is 1. The molecule has 10 nitrogen and oxygen atoms in total.